The van der Waals surface area contributed by atoms with Gasteiger partial charge >= 0.3 is 0 Å². The first kappa shape index (κ1) is 18.0. The van der Waals surface area contributed by atoms with Crippen molar-refractivity contribution >= 4 is 8.32 Å². The van der Waals surface area contributed by atoms with Gasteiger partial charge in [-0.05, 0) is 56.7 Å². The average Bonchev–Trinajstić information content (AvgIpc) is 2.31. The fourth-order valence-corrected chi connectivity index (χ4v) is 3.97. The molecule has 0 saturated carbocycles. The normalized spacial score (nSPS) is 23.9. The molecular weight excluding hydrogens is 260 g/mol. The summed E-state index contributed by atoms with van der Waals surface area (Å²) in [6, 6.07) is 0. The van der Waals surface area contributed by atoms with Crippen LogP contribution in [0.5, 0.6) is 0 Å². The van der Waals surface area contributed by atoms with Crippen LogP contribution in [0.15, 0.2) is 12.2 Å². The topological polar surface area (TPSA) is 9.23 Å². The molecule has 2 heteroatoms. The van der Waals surface area contributed by atoms with Crippen LogP contribution in [0.3, 0.4) is 0 Å². The van der Waals surface area contributed by atoms with Gasteiger partial charge in [-0.3, -0.25) is 0 Å². The highest BCUT2D eigenvalue weighted by atomic mass is 28.4. The second kappa shape index (κ2) is 8.38. The summed E-state index contributed by atoms with van der Waals surface area (Å²) in [5.41, 5.74) is 0. The third kappa shape index (κ3) is 6.58. The average molecular weight is 297 g/mol. The predicted molar refractivity (Wildman–Crippen MR) is 92.8 cm³/mol. The van der Waals surface area contributed by atoms with Gasteiger partial charge in [0.1, 0.15) is 0 Å². The highest BCUT2D eigenvalue weighted by Crippen LogP contribution is 2.38. The molecule has 118 valence electrons. The van der Waals surface area contributed by atoms with Crippen molar-refractivity contribution in [2.45, 2.75) is 103 Å². The molecule has 0 aromatic heterocycles. The third-order valence-corrected chi connectivity index (χ3v) is 9.51. The van der Waals surface area contributed by atoms with Gasteiger partial charge in [0.2, 0.25) is 0 Å². The third-order valence-electron chi connectivity index (χ3n) is 4.98. The molecule has 0 spiro atoms. The largest absolute Gasteiger partial charge is 0.414 e. The molecule has 20 heavy (non-hydrogen) atoms. The van der Waals surface area contributed by atoms with Gasteiger partial charge in [-0.2, -0.15) is 0 Å². The zero-order valence-electron chi connectivity index (χ0n) is 14.5. The van der Waals surface area contributed by atoms with Gasteiger partial charge in [0.05, 0.1) is 0 Å². The summed E-state index contributed by atoms with van der Waals surface area (Å²) >= 11 is 0. The van der Waals surface area contributed by atoms with Crippen LogP contribution in [0.1, 0.15) is 78.6 Å². The van der Waals surface area contributed by atoms with E-state index in [0.29, 0.717) is 11.1 Å². The first-order chi connectivity index (χ1) is 9.33. The Balaban J connectivity index is 2.55. The lowest BCUT2D eigenvalue weighted by Crippen LogP contribution is -2.44. The maximum atomic E-state index is 6.66. The van der Waals surface area contributed by atoms with E-state index in [9.17, 15) is 0 Å². The summed E-state index contributed by atoms with van der Waals surface area (Å²) in [7, 11) is -1.60. The fraction of sp³-hybridized carbons (Fsp3) is 0.889. The van der Waals surface area contributed by atoms with E-state index in [1.165, 1.54) is 57.8 Å². The molecule has 0 aromatic rings. The Bertz CT molecular complexity index is 288. The number of allylic oxidation sites excluding steroid dienone is 2. The minimum Gasteiger partial charge on any atom is -0.414 e. The van der Waals surface area contributed by atoms with Gasteiger partial charge in [0.25, 0.3) is 0 Å². The molecule has 0 N–H and O–H groups in total. The van der Waals surface area contributed by atoms with Crippen LogP contribution in [-0.4, -0.2) is 14.4 Å². The molecule has 0 aliphatic heterocycles. The van der Waals surface area contributed by atoms with E-state index in [2.05, 4.69) is 46.0 Å². The molecule has 0 bridgehead atoms. The summed E-state index contributed by atoms with van der Waals surface area (Å²) in [5.74, 6) is 0. The van der Waals surface area contributed by atoms with E-state index >= 15 is 0 Å². The van der Waals surface area contributed by atoms with Crippen molar-refractivity contribution in [2.24, 2.45) is 0 Å². The highest BCUT2D eigenvalue weighted by molar-refractivity contribution is 6.74. The van der Waals surface area contributed by atoms with Crippen LogP contribution in [0, 0.1) is 0 Å². The quantitative estimate of drug-likeness (QED) is 0.420. The molecule has 1 aliphatic rings. The Labute approximate surface area is 128 Å². The lowest BCUT2D eigenvalue weighted by molar-refractivity contribution is 0.155. The minimum atomic E-state index is -1.60. The molecule has 0 saturated heterocycles. The smallest absolute Gasteiger partial charge is 0.192 e. The molecule has 0 aromatic carbocycles. The van der Waals surface area contributed by atoms with E-state index in [0.717, 1.165) is 0 Å². The number of hydrogen-bond donors (Lipinski definition) is 0. The monoisotopic (exact) mass is 296 g/mol. The zero-order valence-corrected chi connectivity index (χ0v) is 15.5. The molecule has 1 rings (SSSR count). The zero-order chi connectivity index (χ0) is 15.1. The van der Waals surface area contributed by atoms with Crippen LogP contribution < -0.4 is 0 Å². The van der Waals surface area contributed by atoms with Crippen molar-refractivity contribution in [3.8, 4) is 0 Å². The summed E-state index contributed by atoms with van der Waals surface area (Å²) < 4.78 is 6.66. The first-order valence-corrected chi connectivity index (χ1v) is 11.6. The summed E-state index contributed by atoms with van der Waals surface area (Å²) in [5, 5.41) is 0.330. The van der Waals surface area contributed by atoms with Gasteiger partial charge < -0.3 is 4.43 Å². The lowest BCUT2D eigenvalue weighted by atomic mass is 10.0. The van der Waals surface area contributed by atoms with Crippen molar-refractivity contribution < 1.29 is 4.43 Å². The van der Waals surface area contributed by atoms with Crippen LogP contribution in [0.4, 0.5) is 0 Å². The maximum absolute atomic E-state index is 6.66. The molecule has 1 atom stereocenters. The minimum absolute atomic E-state index is 0.330. The molecule has 1 aliphatic carbocycles. The second-order valence-corrected chi connectivity index (χ2v) is 12.7. The van der Waals surface area contributed by atoms with E-state index < -0.39 is 8.32 Å². The Hall–Kier alpha value is -0.0831. The second-order valence-electron chi connectivity index (χ2n) is 7.89. The van der Waals surface area contributed by atoms with E-state index in [1.807, 2.05) is 0 Å². The Kier molecular flexibility index (Phi) is 7.53. The van der Waals surface area contributed by atoms with Gasteiger partial charge in [-0.1, -0.05) is 52.2 Å². The van der Waals surface area contributed by atoms with Crippen molar-refractivity contribution in [1.82, 2.24) is 0 Å². The van der Waals surface area contributed by atoms with Crippen molar-refractivity contribution in [1.29, 1.82) is 0 Å². The molecule has 1 unspecified atom stereocenters. The molecule has 0 amide bonds. The lowest BCUT2D eigenvalue weighted by Gasteiger charge is -2.39. The fourth-order valence-electron chi connectivity index (χ4n) is 2.54. The molecule has 0 radical (unpaired) electrons. The van der Waals surface area contributed by atoms with Crippen LogP contribution in [0.25, 0.3) is 0 Å². The predicted octanol–water partition coefficient (Wildman–Crippen LogP) is 6.46. The summed E-state index contributed by atoms with van der Waals surface area (Å²) in [4.78, 5) is 0. The molecular formula is C18H36OSi. The van der Waals surface area contributed by atoms with Crippen molar-refractivity contribution in [2.75, 3.05) is 0 Å². The van der Waals surface area contributed by atoms with Crippen molar-refractivity contribution in [3.05, 3.63) is 12.2 Å². The van der Waals surface area contributed by atoms with Crippen LogP contribution >= 0.6 is 0 Å². The van der Waals surface area contributed by atoms with Gasteiger partial charge in [0.15, 0.2) is 8.32 Å². The first-order valence-electron chi connectivity index (χ1n) is 8.66. The Morgan fingerprint density at radius 2 is 1.40 bits per heavy atom. The maximum Gasteiger partial charge on any atom is 0.192 e. The number of rotatable bonds is 2. The van der Waals surface area contributed by atoms with E-state index in [4.69, 9.17) is 4.43 Å². The SMILES string of the molecule is CC(C)(C)[Si](C)(C)OC1CCCC=CCCCCCC1. The summed E-state index contributed by atoms with van der Waals surface area (Å²) in [6.45, 7) is 11.8. The van der Waals surface area contributed by atoms with Gasteiger partial charge in [0, 0.05) is 6.10 Å². The molecule has 1 nitrogen and oxygen atoms in total. The Morgan fingerprint density at radius 3 is 2.05 bits per heavy atom. The summed E-state index contributed by atoms with van der Waals surface area (Å²) in [6.07, 6.45) is 17.1. The molecule has 0 fully saturated rings. The van der Waals surface area contributed by atoms with Crippen LogP contribution in [0.2, 0.25) is 18.1 Å². The Morgan fingerprint density at radius 1 is 0.850 bits per heavy atom. The van der Waals surface area contributed by atoms with Gasteiger partial charge in [-0.25, -0.2) is 0 Å². The van der Waals surface area contributed by atoms with E-state index in [-0.39, 0.29) is 0 Å². The number of hydrogen-bond acceptors (Lipinski definition) is 1. The molecule has 0 heterocycles. The van der Waals surface area contributed by atoms with E-state index in [1.54, 1.807) is 0 Å². The van der Waals surface area contributed by atoms with Gasteiger partial charge in [-0.15, -0.1) is 0 Å². The standard InChI is InChI=1S/C18H36OSi/c1-18(2,3)20(4,5)19-17-15-13-11-9-7-6-8-10-12-14-16-17/h7,9,17H,6,8,10-16H2,1-5H3. The van der Waals surface area contributed by atoms with Crippen LogP contribution in [-0.2, 0) is 4.43 Å². The van der Waals surface area contributed by atoms with Crippen molar-refractivity contribution in [3.63, 3.8) is 0 Å². The highest BCUT2D eigenvalue weighted by Gasteiger charge is 2.38.